The molecule has 4 aliphatic rings. The number of hydrogen-bond acceptors (Lipinski definition) is 8. The van der Waals surface area contributed by atoms with Gasteiger partial charge >= 0.3 is 0 Å². The molecule has 4 unspecified atom stereocenters. The van der Waals surface area contributed by atoms with Gasteiger partial charge in [0.25, 0.3) is 0 Å². The number of aromatic hydroxyl groups is 2. The molecule has 8 heteroatoms. The third-order valence-electron chi connectivity index (χ3n) is 6.86. The smallest absolute Gasteiger partial charge is 0.183 e. The van der Waals surface area contributed by atoms with E-state index in [1.807, 2.05) is 0 Å². The number of benzene rings is 1. The summed E-state index contributed by atoms with van der Waals surface area (Å²) in [6.45, 7) is 0. The first-order valence-corrected chi connectivity index (χ1v) is 9.73. The lowest BCUT2D eigenvalue weighted by Crippen LogP contribution is -2.38. The molecule has 5 rings (SSSR count). The summed E-state index contributed by atoms with van der Waals surface area (Å²) in [4.78, 5) is 11.8. The number of nitriles is 1. The van der Waals surface area contributed by atoms with Gasteiger partial charge in [0.2, 0.25) is 0 Å². The SMILES string of the molecule is COC1=CC(C#N)(OC)C(c2cc(O)c3c(c2O)C3)C1C1C(=C=O)C(O)=C2CC2=C1O. The van der Waals surface area contributed by atoms with Gasteiger partial charge in [0, 0.05) is 65.7 Å². The van der Waals surface area contributed by atoms with Crippen molar-refractivity contribution in [3.8, 4) is 17.6 Å². The third kappa shape index (κ3) is 2.36. The van der Waals surface area contributed by atoms with Crippen LogP contribution in [0.15, 0.2) is 46.1 Å². The van der Waals surface area contributed by atoms with Crippen LogP contribution in [0.3, 0.4) is 0 Å². The molecule has 0 aromatic heterocycles. The van der Waals surface area contributed by atoms with Gasteiger partial charge < -0.3 is 29.9 Å². The average Bonchev–Trinajstić information content (AvgIpc) is 3.68. The minimum absolute atomic E-state index is 0.0139. The Morgan fingerprint density at radius 1 is 1.13 bits per heavy atom. The van der Waals surface area contributed by atoms with Crippen molar-refractivity contribution in [1.29, 1.82) is 5.26 Å². The Bertz CT molecular complexity index is 1240. The fourth-order valence-electron chi connectivity index (χ4n) is 5.16. The molecule has 158 valence electrons. The van der Waals surface area contributed by atoms with Crippen molar-refractivity contribution in [1.82, 2.24) is 0 Å². The quantitative estimate of drug-likeness (QED) is 0.436. The zero-order chi connectivity index (χ0) is 22.2. The maximum atomic E-state index is 11.8. The Balaban J connectivity index is 1.76. The van der Waals surface area contributed by atoms with Crippen molar-refractivity contribution in [3.05, 3.63) is 62.8 Å². The summed E-state index contributed by atoms with van der Waals surface area (Å²) in [5.74, 6) is -1.35. The van der Waals surface area contributed by atoms with Gasteiger partial charge in [-0.05, 0) is 6.07 Å². The van der Waals surface area contributed by atoms with Crippen molar-refractivity contribution in [2.45, 2.75) is 24.4 Å². The number of allylic oxidation sites excluding steroid dienone is 5. The largest absolute Gasteiger partial charge is 0.511 e. The number of aliphatic hydroxyl groups is 2. The zero-order valence-corrected chi connectivity index (χ0v) is 16.8. The molecular weight excluding hydrogens is 402 g/mol. The summed E-state index contributed by atoms with van der Waals surface area (Å²) in [6.07, 6.45) is 2.23. The number of methoxy groups -OCH3 is 2. The molecule has 0 amide bonds. The second kappa shape index (κ2) is 6.17. The van der Waals surface area contributed by atoms with E-state index in [9.17, 15) is 30.5 Å². The highest BCUT2D eigenvalue weighted by molar-refractivity contribution is 5.73. The first-order chi connectivity index (χ1) is 14.8. The lowest BCUT2D eigenvalue weighted by Gasteiger charge is -2.36. The van der Waals surface area contributed by atoms with E-state index in [2.05, 4.69) is 6.07 Å². The Morgan fingerprint density at radius 3 is 2.48 bits per heavy atom. The standard InChI is InChI=1S/C23H19NO7/c1-30-16-6-23(8-24,31-2)19(13-5-15(26)9-3-10(9)20(13)27)18(16)17-14(7-25)21(28)11-4-12(11)22(17)29/h5-6,17-19,26-29H,3-4H2,1-2H3. The highest BCUT2D eigenvalue weighted by Crippen LogP contribution is 2.61. The molecule has 1 fully saturated rings. The van der Waals surface area contributed by atoms with Gasteiger partial charge in [0.15, 0.2) is 5.60 Å². The first kappa shape index (κ1) is 19.3. The molecule has 0 heterocycles. The van der Waals surface area contributed by atoms with Crippen LogP contribution in [0.4, 0.5) is 0 Å². The second-order valence-electron chi connectivity index (χ2n) is 8.19. The van der Waals surface area contributed by atoms with Crippen molar-refractivity contribution < 1.29 is 34.7 Å². The first-order valence-electron chi connectivity index (χ1n) is 9.73. The van der Waals surface area contributed by atoms with Crippen molar-refractivity contribution in [2.24, 2.45) is 11.8 Å². The van der Waals surface area contributed by atoms with Crippen LogP contribution in [0.25, 0.3) is 0 Å². The molecule has 1 aromatic carbocycles. The summed E-state index contributed by atoms with van der Waals surface area (Å²) in [5.41, 5.74) is 0.709. The van der Waals surface area contributed by atoms with Gasteiger partial charge in [-0.25, -0.2) is 4.79 Å². The second-order valence-corrected chi connectivity index (χ2v) is 8.19. The number of phenolic OH excluding ortho intramolecular Hbond substituents is 2. The number of carbonyl (C=O) groups excluding carboxylic acids is 1. The number of aliphatic hydroxyl groups excluding tert-OH is 2. The fraction of sp³-hybridized carbons (Fsp3) is 0.348. The van der Waals surface area contributed by atoms with E-state index >= 15 is 0 Å². The van der Waals surface area contributed by atoms with Crippen LogP contribution in [-0.2, 0) is 20.7 Å². The molecule has 4 aliphatic carbocycles. The topological polar surface area (TPSA) is 140 Å². The van der Waals surface area contributed by atoms with Crippen molar-refractivity contribution >= 4 is 5.94 Å². The lowest BCUT2D eigenvalue weighted by atomic mass is 9.70. The number of ether oxygens (including phenoxy) is 2. The molecule has 4 N–H and O–H groups in total. The number of rotatable bonds is 4. The Hall–Kier alpha value is -3.66. The zero-order valence-electron chi connectivity index (χ0n) is 16.8. The summed E-state index contributed by atoms with van der Waals surface area (Å²) in [7, 11) is 2.72. The van der Waals surface area contributed by atoms with Gasteiger partial charge in [-0.3, -0.25) is 0 Å². The van der Waals surface area contributed by atoms with Gasteiger partial charge in [-0.15, -0.1) is 0 Å². The minimum atomic E-state index is -1.62. The van der Waals surface area contributed by atoms with Gasteiger partial charge in [0.05, 0.1) is 18.6 Å². The normalized spacial score (nSPS) is 30.3. The minimum Gasteiger partial charge on any atom is -0.511 e. The average molecular weight is 421 g/mol. The maximum Gasteiger partial charge on any atom is 0.183 e. The molecule has 1 aromatic rings. The molecule has 0 saturated heterocycles. The van der Waals surface area contributed by atoms with E-state index in [0.717, 1.165) is 0 Å². The van der Waals surface area contributed by atoms with Crippen LogP contribution in [0.5, 0.6) is 11.5 Å². The van der Waals surface area contributed by atoms with Crippen LogP contribution in [-0.4, -0.2) is 46.2 Å². The van der Waals surface area contributed by atoms with Crippen LogP contribution in [0, 0.1) is 23.2 Å². The van der Waals surface area contributed by atoms with E-state index in [1.54, 1.807) is 5.94 Å². The summed E-state index contributed by atoms with van der Waals surface area (Å²) in [6, 6.07) is 3.50. The molecular formula is C23H19NO7. The summed E-state index contributed by atoms with van der Waals surface area (Å²) in [5, 5.41) is 52.8. The number of nitrogens with zero attached hydrogens (tertiary/aromatic N) is 1. The van der Waals surface area contributed by atoms with E-state index in [-0.39, 0.29) is 39.9 Å². The monoisotopic (exact) mass is 421 g/mol. The van der Waals surface area contributed by atoms with E-state index < -0.39 is 23.4 Å². The Labute approximate surface area is 177 Å². The van der Waals surface area contributed by atoms with Gasteiger partial charge in [0.1, 0.15) is 40.8 Å². The number of hydrogen-bond donors (Lipinski definition) is 4. The predicted octanol–water partition coefficient (Wildman–Crippen LogP) is 2.57. The number of fused-ring (bicyclic) bond motifs is 2. The van der Waals surface area contributed by atoms with Crippen LogP contribution in [0.1, 0.15) is 29.0 Å². The summed E-state index contributed by atoms with van der Waals surface area (Å²) < 4.78 is 11.1. The highest BCUT2D eigenvalue weighted by atomic mass is 16.5. The summed E-state index contributed by atoms with van der Waals surface area (Å²) >= 11 is 0. The highest BCUT2D eigenvalue weighted by Gasteiger charge is 2.59. The van der Waals surface area contributed by atoms with Gasteiger partial charge in [-0.1, -0.05) is 0 Å². The lowest BCUT2D eigenvalue weighted by molar-refractivity contribution is 0.0447. The van der Waals surface area contributed by atoms with Gasteiger partial charge in [-0.2, -0.15) is 5.26 Å². The fourth-order valence-corrected chi connectivity index (χ4v) is 5.16. The molecule has 0 bridgehead atoms. The van der Waals surface area contributed by atoms with Crippen LogP contribution < -0.4 is 0 Å². The molecule has 8 nitrogen and oxygen atoms in total. The van der Waals surface area contributed by atoms with Crippen molar-refractivity contribution in [2.75, 3.05) is 14.2 Å². The number of phenols is 2. The molecule has 4 atom stereocenters. The predicted molar refractivity (Wildman–Crippen MR) is 106 cm³/mol. The Kier molecular flexibility index (Phi) is 3.85. The van der Waals surface area contributed by atoms with E-state index in [4.69, 9.17) is 9.47 Å². The van der Waals surface area contributed by atoms with E-state index in [0.29, 0.717) is 35.1 Å². The van der Waals surface area contributed by atoms with Crippen LogP contribution in [0.2, 0.25) is 0 Å². The van der Waals surface area contributed by atoms with Crippen molar-refractivity contribution in [3.63, 3.8) is 0 Å². The van der Waals surface area contributed by atoms with Crippen LogP contribution >= 0.6 is 0 Å². The third-order valence-corrected chi connectivity index (χ3v) is 6.86. The molecule has 0 spiro atoms. The molecule has 1 saturated carbocycles. The maximum absolute atomic E-state index is 11.8. The molecule has 31 heavy (non-hydrogen) atoms. The molecule has 0 aliphatic heterocycles. The molecule has 0 radical (unpaired) electrons. The Morgan fingerprint density at radius 2 is 1.87 bits per heavy atom. The van der Waals surface area contributed by atoms with E-state index in [1.165, 1.54) is 26.4 Å².